The molecule has 1 amide bonds. The lowest BCUT2D eigenvalue weighted by atomic mass is 10.0. The highest BCUT2D eigenvalue weighted by atomic mass is 16.5. The van der Waals surface area contributed by atoms with E-state index in [0.717, 1.165) is 70.6 Å². The Hall–Kier alpha value is -1.66. The fraction of sp³-hybridized carbons (Fsp3) is 0.880. The third-order valence-corrected chi connectivity index (χ3v) is 11.3. The van der Waals surface area contributed by atoms with Gasteiger partial charge in [-0.05, 0) is 51.4 Å². The smallest absolute Gasteiger partial charge is 0.306 e. The number of ether oxygens (including phenoxy) is 1. The van der Waals surface area contributed by atoms with Crippen molar-refractivity contribution in [2.45, 2.75) is 277 Å². The van der Waals surface area contributed by atoms with Crippen LogP contribution in [0, 0.1) is 0 Å². The van der Waals surface area contributed by atoms with Gasteiger partial charge in [-0.15, -0.1) is 0 Å². The predicted octanol–water partition coefficient (Wildman–Crippen LogP) is 14.3. The second kappa shape index (κ2) is 44.4. The molecule has 0 aromatic carbocycles. The van der Waals surface area contributed by atoms with Crippen molar-refractivity contribution < 1.29 is 24.5 Å². The van der Waals surface area contributed by atoms with Gasteiger partial charge in [0.1, 0.15) is 6.10 Å². The Balaban J connectivity index is 4.59. The van der Waals surface area contributed by atoms with E-state index < -0.39 is 18.2 Å². The lowest BCUT2D eigenvalue weighted by molar-refractivity contribution is -0.151. The Morgan fingerprint density at radius 3 is 1.34 bits per heavy atom. The first-order valence-corrected chi connectivity index (χ1v) is 24.6. The summed E-state index contributed by atoms with van der Waals surface area (Å²) in [6.07, 6.45) is 49.5. The number of aliphatic hydroxyl groups excluding tert-OH is 2. The Labute approximate surface area is 348 Å². The van der Waals surface area contributed by atoms with Gasteiger partial charge in [0, 0.05) is 6.42 Å². The molecule has 0 aliphatic heterocycles. The van der Waals surface area contributed by atoms with Crippen molar-refractivity contribution in [2.24, 2.45) is 0 Å². The van der Waals surface area contributed by atoms with E-state index in [9.17, 15) is 19.8 Å². The zero-order chi connectivity index (χ0) is 41.0. The molecule has 0 saturated carbocycles. The third-order valence-electron chi connectivity index (χ3n) is 11.3. The van der Waals surface area contributed by atoms with Crippen LogP contribution in [0.25, 0.3) is 0 Å². The van der Waals surface area contributed by atoms with E-state index in [1.165, 1.54) is 141 Å². The van der Waals surface area contributed by atoms with Crippen molar-refractivity contribution >= 4 is 11.9 Å². The van der Waals surface area contributed by atoms with Gasteiger partial charge in [-0.25, -0.2) is 0 Å². The molecule has 3 N–H and O–H groups in total. The van der Waals surface area contributed by atoms with E-state index in [1.807, 2.05) is 0 Å². The largest absolute Gasteiger partial charge is 0.462 e. The van der Waals surface area contributed by atoms with Gasteiger partial charge in [0.2, 0.25) is 5.91 Å². The maximum Gasteiger partial charge on any atom is 0.306 e. The fourth-order valence-electron chi connectivity index (χ4n) is 7.54. The third kappa shape index (κ3) is 39.2. The SMILES string of the molecule is CCCCCCCCC/C=C/C=C/CCCCCC(CC(=O)NC(CO)C(O)CCCCCCCCCCCCCC)OC(=O)CCCCCCCCCCC. The van der Waals surface area contributed by atoms with Crippen LogP contribution in [-0.4, -0.2) is 46.9 Å². The summed E-state index contributed by atoms with van der Waals surface area (Å²) < 4.78 is 5.89. The van der Waals surface area contributed by atoms with Crippen LogP contribution < -0.4 is 5.32 Å². The molecule has 0 aliphatic carbocycles. The number of carbonyl (C=O) groups is 2. The number of carbonyl (C=O) groups excluding carboxylic acids is 2. The van der Waals surface area contributed by atoms with Crippen molar-refractivity contribution in [1.82, 2.24) is 5.32 Å². The minimum atomic E-state index is -0.789. The van der Waals surface area contributed by atoms with Gasteiger partial charge in [-0.2, -0.15) is 0 Å². The van der Waals surface area contributed by atoms with Crippen molar-refractivity contribution in [2.75, 3.05) is 6.61 Å². The second-order valence-corrected chi connectivity index (χ2v) is 16.9. The molecule has 3 unspecified atom stereocenters. The van der Waals surface area contributed by atoms with E-state index in [2.05, 4.69) is 50.4 Å². The molecule has 330 valence electrons. The minimum absolute atomic E-state index is 0.0642. The average Bonchev–Trinajstić information content (AvgIpc) is 3.19. The molecule has 56 heavy (non-hydrogen) atoms. The number of rotatable bonds is 44. The molecule has 0 rings (SSSR count). The number of hydrogen-bond donors (Lipinski definition) is 3. The van der Waals surface area contributed by atoms with Gasteiger partial charge < -0.3 is 20.3 Å². The molecular formula is C50H95NO5. The molecule has 0 bridgehead atoms. The van der Waals surface area contributed by atoms with E-state index in [-0.39, 0.29) is 24.9 Å². The van der Waals surface area contributed by atoms with Crippen molar-refractivity contribution in [3.05, 3.63) is 24.3 Å². The molecule has 0 saturated heterocycles. The highest BCUT2D eigenvalue weighted by Gasteiger charge is 2.24. The first kappa shape index (κ1) is 54.3. The van der Waals surface area contributed by atoms with Crippen LogP contribution in [0.3, 0.4) is 0 Å². The number of esters is 1. The molecule has 0 aliphatic rings. The molecule has 0 aromatic rings. The minimum Gasteiger partial charge on any atom is -0.462 e. The molecule has 0 heterocycles. The standard InChI is InChI=1S/C50H95NO5/c1-4-7-10-13-16-19-21-23-24-25-26-27-30-32-35-38-41-46(56-50(55)43-40-37-34-29-18-15-12-9-6-3)44-49(54)51-47(45-52)48(53)42-39-36-33-31-28-22-20-17-14-11-8-5-2/h24-27,46-48,52-53H,4-23,28-45H2,1-3H3,(H,51,54)/b25-24+,27-26+. The Morgan fingerprint density at radius 2 is 0.893 bits per heavy atom. The summed E-state index contributed by atoms with van der Waals surface area (Å²) in [5.74, 6) is -0.493. The van der Waals surface area contributed by atoms with E-state index in [4.69, 9.17) is 4.74 Å². The number of aliphatic hydroxyl groups is 2. The number of hydrogen-bond acceptors (Lipinski definition) is 5. The van der Waals surface area contributed by atoms with Crippen LogP contribution in [-0.2, 0) is 14.3 Å². The van der Waals surface area contributed by atoms with Crippen molar-refractivity contribution in [3.63, 3.8) is 0 Å². The van der Waals surface area contributed by atoms with Gasteiger partial charge >= 0.3 is 5.97 Å². The summed E-state index contributed by atoms with van der Waals surface area (Å²) in [6, 6.07) is -0.704. The van der Waals surface area contributed by atoms with Crippen LogP contribution in [0.1, 0.15) is 258 Å². The molecular weight excluding hydrogens is 695 g/mol. The number of allylic oxidation sites excluding steroid dienone is 4. The molecule has 6 heteroatoms. The van der Waals surface area contributed by atoms with Gasteiger partial charge in [-0.1, -0.05) is 218 Å². The van der Waals surface area contributed by atoms with Crippen LogP contribution in [0.5, 0.6) is 0 Å². The summed E-state index contributed by atoms with van der Waals surface area (Å²) in [4.78, 5) is 26.0. The molecule has 0 aromatic heterocycles. The maximum atomic E-state index is 13.1. The summed E-state index contributed by atoms with van der Waals surface area (Å²) >= 11 is 0. The predicted molar refractivity (Wildman–Crippen MR) is 241 cm³/mol. The quantitative estimate of drug-likeness (QED) is 0.0324. The Bertz CT molecular complexity index is 889. The number of unbranched alkanes of at least 4 members (excludes halogenated alkanes) is 29. The Kier molecular flexibility index (Phi) is 43.1. The van der Waals surface area contributed by atoms with Gasteiger partial charge in [0.05, 0.1) is 25.2 Å². The highest BCUT2D eigenvalue weighted by molar-refractivity contribution is 5.77. The van der Waals surface area contributed by atoms with E-state index >= 15 is 0 Å². The average molecular weight is 790 g/mol. The fourth-order valence-corrected chi connectivity index (χ4v) is 7.54. The lowest BCUT2D eigenvalue weighted by Gasteiger charge is -2.24. The lowest BCUT2D eigenvalue weighted by Crippen LogP contribution is -2.46. The van der Waals surface area contributed by atoms with Gasteiger partial charge in [0.15, 0.2) is 0 Å². The normalized spacial score (nSPS) is 13.4. The summed E-state index contributed by atoms with van der Waals surface area (Å²) in [6.45, 7) is 6.45. The van der Waals surface area contributed by atoms with Crippen LogP contribution in [0.4, 0.5) is 0 Å². The highest BCUT2D eigenvalue weighted by Crippen LogP contribution is 2.17. The number of nitrogens with one attached hydrogen (secondary N) is 1. The second-order valence-electron chi connectivity index (χ2n) is 16.9. The molecule has 6 nitrogen and oxygen atoms in total. The zero-order valence-electron chi connectivity index (χ0n) is 37.5. The summed E-state index contributed by atoms with van der Waals surface area (Å²) in [7, 11) is 0. The van der Waals surface area contributed by atoms with Gasteiger partial charge in [0.25, 0.3) is 0 Å². The maximum absolute atomic E-state index is 13.1. The molecule has 3 atom stereocenters. The van der Waals surface area contributed by atoms with E-state index in [1.54, 1.807) is 0 Å². The van der Waals surface area contributed by atoms with Crippen molar-refractivity contribution in [3.8, 4) is 0 Å². The first-order chi connectivity index (χ1) is 27.5. The summed E-state index contributed by atoms with van der Waals surface area (Å²) in [5.41, 5.74) is 0. The van der Waals surface area contributed by atoms with Crippen molar-refractivity contribution in [1.29, 1.82) is 0 Å². The summed E-state index contributed by atoms with van der Waals surface area (Å²) in [5, 5.41) is 23.7. The number of amides is 1. The van der Waals surface area contributed by atoms with Crippen LogP contribution in [0.2, 0.25) is 0 Å². The molecule has 0 spiro atoms. The molecule has 0 radical (unpaired) electrons. The topological polar surface area (TPSA) is 95.9 Å². The van der Waals surface area contributed by atoms with Gasteiger partial charge in [-0.3, -0.25) is 9.59 Å². The van der Waals surface area contributed by atoms with Crippen LogP contribution in [0.15, 0.2) is 24.3 Å². The molecule has 0 fully saturated rings. The Morgan fingerprint density at radius 1 is 0.518 bits per heavy atom. The first-order valence-electron chi connectivity index (χ1n) is 24.6. The van der Waals surface area contributed by atoms with Crippen LogP contribution >= 0.6 is 0 Å². The van der Waals surface area contributed by atoms with E-state index in [0.29, 0.717) is 19.3 Å². The monoisotopic (exact) mass is 790 g/mol. The zero-order valence-corrected chi connectivity index (χ0v) is 37.5.